The molecular weight excluding hydrogens is 559 g/mol. The molecule has 40 heavy (non-hydrogen) atoms. The van der Waals surface area contributed by atoms with E-state index < -0.39 is 11.7 Å². The summed E-state index contributed by atoms with van der Waals surface area (Å²) in [7, 11) is 1.26. The first-order valence-electron chi connectivity index (χ1n) is 12.0. The molecule has 3 aromatic heterocycles. The molecule has 3 heterocycles. The minimum atomic E-state index is -1.57. The number of carbonyl (C=O) groups excluding carboxylic acids is 1. The number of aliphatic hydroxyl groups is 1. The Labute approximate surface area is 236 Å². The Morgan fingerprint density at radius 3 is 2.75 bits per heavy atom. The molecule has 1 amide bonds. The lowest BCUT2D eigenvalue weighted by Gasteiger charge is -2.21. The van der Waals surface area contributed by atoms with Crippen LogP contribution in [-0.2, 0) is 16.8 Å². The number of rotatable bonds is 5. The van der Waals surface area contributed by atoms with Gasteiger partial charge >= 0.3 is 6.09 Å². The predicted molar refractivity (Wildman–Crippen MR) is 144 cm³/mol. The average Bonchev–Trinajstić information content (AvgIpc) is 3.70. The maximum atomic E-state index is 13.4. The summed E-state index contributed by atoms with van der Waals surface area (Å²) in [5, 5.41) is 44.3. The molecule has 2 N–H and O–H groups in total. The summed E-state index contributed by atoms with van der Waals surface area (Å²) in [6.45, 7) is 0. The molecule has 0 bridgehead atoms. The number of nitrogens with one attached hydrogen (secondary N) is 1. The lowest BCUT2D eigenvalue weighted by atomic mass is 9.93. The molecule has 0 spiro atoms. The minimum Gasteiger partial charge on any atom is -0.618 e. The first kappa shape index (κ1) is 25.7. The number of aromatic nitrogens is 7. The molecule has 12 nitrogen and oxygen atoms in total. The fraction of sp³-hybridized carbons (Fsp3) is 0.154. The van der Waals surface area contributed by atoms with Crippen molar-refractivity contribution in [1.29, 1.82) is 0 Å². The second-order valence-corrected chi connectivity index (χ2v) is 10.0. The Balaban J connectivity index is 1.35. The number of amides is 1. The van der Waals surface area contributed by atoms with Gasteiger partial charge < -0.3 is 15.1 Å². The van der Waals surface area contributed by atoms with Gasteiger partial charge in [-0.1, -0.05) is 23.2 Å². The summed E-state index contributed by atoms with van der Waals surface area (Å²) in [5.41, 5.74) is 2.67. The first-order valence-corrected chi connectivity index (χ1v) is 12.7. The van der Waals surface area contributed by atoms with Crippen LogP contribution in [0.3, 0.4) is 0 Å². The van der Waals surface area contributed by atoms with Crippen molar-refractivity contribution in [2.75, 3.05) is 12.4 Å². The fourth-order valence-corrected chi connectivity index (χ4v) is 5.38. The summed E-state index contributed by atoms with van der Waals surface area (Å²) in [6, 6.07) is 12.0. The number of methoxy groups -OCH3 is 1. The van der Waals surface area contributed by atoms with Gasteiger partial charge in [-0.15, -0.1) is 5.10 Å². The topological polar surface area (TPSA) is 147 Å². The van der Waals surface area contributed by atoms with Crippen LogP contribution < -0.4 is 10.0 Å². The van der Waals surface area contributed by atoms with E-state index in [1.165, 1.54) is 35.2 Å². The number of hydrogen-bond donors (Lipinski definition) is 2. The Kier molecular flexibility index (Phi) is 6.37. The van der Waals surface area contributed by atoms with Gasteiger partial charge in [-0.2, -0.15) is 14.5 Å². The quantitative estimate of drug-likeness (QED) is 0.236. The van der Waals surface area contributed by atoms with Crippen molar-refractivity contribution in [2.24, 2.45) is 0 Å². The molecule has 6 rings (SSSR count). The standard InChI is InChI=1S/C26H20Cl2N8O4/c1-40-25(37)31-19-3-5-23(21(28)10-19)34-13-17(11-30-34)26(38)7-6-15-8-16(12-36(39)24(15)26)20-9-18(27)2-4-22(20)35-14-29-32-33-35/h2-5,8-14,38H,6-7H2,1H3,(H,31,37). The third-order valence-electron chi connectivity index (χ3n) is 6.81. The number of halogens is 2. The van der Waals surface area contributed by atoms with Crippen molar-refractivity contribution in [3.63, 3.8) is 0 Å². The van der Waals surface area contributed by atoms with Gasteiger partial charge in [-0.3, -0.25) is 5.32 Å². The zero-order chi connectivity index (χ0) is 28.0. The highest BCUT2D eigenvalue weighted by molar-refractivity contribution is 6.32. The van der Waals surface area contributed by atoms with E-state index in [1.807, 2.05) is 6.07 Å². The Morgan fingerprint density at radius 1 is 1.18 bits per heavy atom. The van der Waals surface area contributed by atoms with E-state index in [9.17, 15) is 15.1 Å². The van der Waals surface area contributed by atoms with Crippen molar-refractivity contribution < 1.29 is 19.4 Å². The van der Waals surface area contributed by atoms with Gasteiger partial charge in [0.25, 0.3) is 0 Å². The number of ether oxygens (including phenoxy) is 1. The van der Waals surface area contributed by atoms with E-state index in [0.29, 0.717) is 60.5 Å². The maximum absolute atomic E-state index is 13.4. The number of carbonyl (C=O) groups is 1. The highest BCUT2D eigenvalue weighted by Crippen LogP contribution is 2.42. The van der Waals surface area contributed by atoms with Gasteiger partial charge in [0.15, 0.2) is 11.8 Å². The van der Waals surface area contributed by atoms with Crippen LogP contribution >= 0.6 is 23.2 Å². The van der Waals surface area contributed by atoms with Crippen molar-refractivity contribution >= 4 is 35.0 Å². The number of benzene rings is 2. The van der Waals surface area contributed by atoms with Crippen LogP contribution in [0.25, 0.3) is 22.5 Å². The van der Waals surface area contributed by atoms with Crippen LogP contribution in [0.15, 0.2) is 67.4 Å². The summed E-state index contributed by atoms with van der Waals surface area (Å²) in [5.74, 6) is 0. The summed E-state index contributed by atoms with van der Waals surface area (Å²) < 4.78 is 8.28. The lowest BCUT2D eigenvalue weighted by molar-refractivity contribution is -0.620. The highest BCUT2D eigenvalue weighted by atomic mass is 35.5. The first-order chi connectivity index (χ1) is 19.3. The zero-order valence-corrected chi connectivity index (χ0v) is 22.3. The molecule has 0 radical (unpaired) electrons. The molecule has 14 heteroatoms. The normalized spacial score (nSPS) is 16.1. The minimum absolute atomic E-state index is 0.227. The van der Waals surface area contributed by atoms with Crippen molar-refractivity contribution in [1.82, 2.24) is 30.0 Å². The van der Waals surface area contributed by atoms with Crippen LogP contribution in [-0.4, -0.2) is 48.3 Å². The Hall–Kier alpha value is -4.52. The Morgan fingerprint density at radius 2 is 2.00 bits per heavy atom. The van der Waals surface area contributed by atoms with E-state index in [1.54, 1.807) is 42.6 Å². The third-order valence-corrected chi connectivity index (χ3v) is 7.35. The molecule has 202 valence electrons. The lowest BCUT2D eigenvalue weighted by Crippen LogP contribution is -2.41. The van der Waals surface area contributed by atoms with Gasteiger partial charge in [0.1, 0.15) is 6.33 Å². The number of tetrazole rings is 1. The van der Waals surface area contributed by atoms with Crippen LogP contribution in [0.1, 0.15) is 23.2 Å². The molecule has 0 fully saturated rings. The molecule has 0 saturated carbocycles. The predicted octanol–water partition coefficient (Wildman–Crippen LogP) is 3.82. The summed E-state index contributed by atoms with van der Waals surface area (Å²) in [4.78, 5) is 11.5. The number of anilines is 1. The Bertz CT molecular complexity index is 1760. The second kappa shape index (κ2) is 9.90. The van der Waals surface area contributed by atoms with Gasteiger partial charge in [-0.25, -0.2) is 9.48 Å². The van der Waals surface area contributed by atoms with Crippen LogP contribution in [0.2, 0.25) is 10.0 Å². The molecule has 1 aliphatic carbocycles. The maximum Gasteiger partial charge on any atom is 0.411 e. The zero-order valence-electron chi connectivity index (χ0n) is 20.8. The van der Waals surface area contributed by atoms with E-state index >= 15 is 0 Å². The van der Waals surface area contributed by atoms with Gasteiger partial charge in [-0.05, 0) is 65.7 Å². The number of pyridine rings is 1. The smallest absolute Gasteiger partial charge is 0.411 e. The van der Waals surface area contributed by atoms with E-state index in [-0.39, 0.29) is 12.1 Å². The highest BCUT2D eigenvalue weighted by Gasteiger charge is 2.47. The second-order valence-electron chi connectivity index (χ2n) is 9.16. The number of nitrogens with zero attached hydrogens (tertiary/aromatic N) is 7. The van der Waals surface area contributed by atoms with E-state index in [4.69, 9.17) is 23.2 Å². The van der Waals surface area contributed by atoms with Crippen molar-refractivity contribution in [3.05, 3.63) is 99.5 Å². The molecule has 1 atom stereocenters. The van der Waals surface area contributed by atoms with Crippen LogP contribution in [0.4, 0.5) is 10.5 Å². The van der Waals surface area contributed by atoms with Gasteiger partial charge in [0.2, 0.25) is 5.69 Å². The molecule has 0 saturated heterocycles. The fourth-order valence-electron chi connectivity index (χ4n) is 4.94. The molecule has 1 aliphatic rings. The number of hydrogen-bond acceptors (Lipinski definition) is 8. The molecule has 5 aromatic rings. The molecule has 2 aromatic carbocycles. The van der Waals surface area contributed by atoms with Crippen LogP contribution in [0, 0.1) is 5.21 Å². The monoisotopic (exact) mass is 578 g/mol. The number of aryl methyl sites for hydroxylation is 1. The molecular formula is C26H20Cl2N8O4. The SMILES string of the molecule is COC(=O)Nc1ccc(-n2cc(C3(O)CCc4cc(-c5cc(Cl)ccc5-n5cnnn5)c[n+]([O-])c43)cn2)c(Cl)c1. The van der Waals surface area contributed by atoms with Crippen molar-refractivity contribution in [3.8, 4) is 22.5 Å². The van der Waals surface area contributed by atoms with Crippen LogP contribution in [0.5, 0.6) is 0 Å². The summed E-state index contributed by atoms with van der Waals surface area (Å²) in [6.07, 6.45) is 6.12. The summed E-state index contributed by atoms with van der Waals surface area (Å²) >= 11 is 12.7. The van der Waals surface area contributed by atoms with Crippen molar-refractivity contribution in [2.45, 2.75) is 18.4 Å². The molecule has 1 unspecified atom stereocenters. The third kappa shape index (κ3) is 4.41. The van der Waals surface area contributed by atoms with Gasteiger partial charge in [0, 0.05) is 39.2 Å². The van der Waals surface area contributed by atoms with Gasteiger partial charge in [0.05, 0.1) is 29.7 Å². The average molecular weight is 579 g/mol. The van der Waals surface area contributed by atoms with E-state index in [0.717, 1.165) is 0 Å². The molecule has 0 aliphatic heterocycles. The number of fused-ring (bicyclic) bond motifs is 1. The van der Waals surface area contributed by atoms with E-state index in [2.05, 4.69) is 30.7 Å². The largest absolute Gasteiger partial charge is 0.618 e.